The van der Waals surface area contributed by atoms with Crippen molar-refractivity contribution in [1.29, 1.82) is 0 Å². The fourth-order valence-corrected chi connectivity index (χ4v) is 1.01. The molecule has 0 aliphatic carbocycles. The molecule has 0 aromatic rings. The summed E-state index contributed by atoms with van der Waals surface area (Å²) in [6.07, 6.45) is 7.68. The van der Waals surface area contributed by atoms with E-state index in [0.29, 0.717) is 0 Å². The largest absolute Gasteiger partial charge is 0.381 e. The Balaban J connectivity index is 0. The molecule has 0 aliphatic heterocycles. The molecule has 0 amide bonds. The van der Waals surface area contributed by atoms with Crippen LogP contribution in [0.5, 0.6) is 0 Å². The zero-order chi connectivity index (χ0) is 8.36. The van der Waals surface area contributed by atoms with Gasteiger partial charge < -0.3 is 4.74 Å². The van der Waals surface area contributed by atoms with E-state index < -0.39 is 0 Å². The molecule has 0 unspecified atom stereocenters. The summed E-state index contributed by atoms with van der Waals surface area (Å²) in [5.74, 6) is 0. The van der Waals surface area contributed by atoms with Gasteiger partial charge in [0.1, 0.15) is 0 Å². The molecule has 72 valence electrons. The van der Waals surface area contributed by atoms with Gasteiger partial charge >= 0.3 is 0 Å². The van der Waals surface area contributed by atoms with Crippen molar-refractivity contribution in [3.63, 3.8) is 0 Å². The Bertz CT molecular complexity index is 58.9. The number of hydrogen-bond donors (Lipinski definition) is 0. The second-order valence-corrected chi connectivity index (χ2v) is 3.03. The fraction of sp³-hybridized carbons (Fsp3) is 1.00. The van der Waals surface area contributed by atoms with E-state index in [1.807, 2.05) is 0 Å². The minimum absolute atomic E-state index is 0. The van der Waals surface area contributed by atoms with Crippen molar-refractivity contribution in [2.24, 2.45) is 0 Å². The molecule has 0 fully saturated rings. The smallest absolute Gasteiger partial charge is 0.0466 e. The molecule has 0 aromatic heterocycles. The van der Waals surface area contributed by atoms with Crippen LogP contribution in [0.2, 0.25) is 0 Å². The summed E-state index contributed by atoms with van der Waals surface area (Å²) in [4.78, 5) is 0. The summed E-state index contributed by atoms with van der Waals surface area (Å²) in [5, 5.41) is 0. The SMILES string of the molecule is CCCCCOCCCCC.[Zr]. The third kappa shape index (κ3) is 13.4. The maximum atomic E-state index is 5.44. The third-order valence-corrected chi connectivity index (χ3v) is 1.78. The van der Waals surface area contributed by atoms with Crippen LogP contribution in [0, 0.1) is 0 Å². The number of rotatable bonds is 8. The van der Waals surface area contributed by atoms with Crippen molar-refractivity contribution in [1.82, 2.24) is 0 Å². The molecule has 0 heterocycles. The van der Waals surface area contributed by atoms with Gasteiger partial charge in [-0.05, 0) is 12.8 Å². The molecule has 0 saturated heterocycles. The van der Waals surface area contributed by atoms with Gasteiger partial charge in [0.25, 0.3) is 0 Å². The first-order valence-electron chi connectivity index (χ1n) is 4.99. The van der Waals surface area contributed by atoms with Crippen molar-refractivity contribution < 1.29 is 30.9 Å². The average molecular weight is 250 g/mol. The van der Waals surface area contributed by atoms with Crippen LogP contribution in [0.3, 0.4) is 0 Å². The molecule has 0 radical (unpaired) electrons. The first-order valence-corrected chi connectivity index (χ1v) is 4.99. The van der Waals surface area contributed by atoms with Gasteiger partial charge in [0.05, 0.1) is 0 Å². The average Bonchev–Trinajstić information content (AvgIpc) is 2.03. The van der Waals surface area contributed by atoms with Crippen LogP contribution in [0.4, 0.5) is 0 Å². The number of ether oxygens (including phenoxy) is 1. The molecule has 0 aliphatic rings. The van der Waals surface area contributed by atoms with Crippen molar-refractivity contribution >= 4 is 0 Å². The molecule has 0 rings (SSSR count). The molecule has 0 aromatic carbocycles. The molecule has 2 heteroatoms. The number of hydrogen-bond acceptors (Lipinski definition) is 1. The van der Waals surface area contributed by atoms with Gasteiger partial charge in [0.15, 0.2) is 0 Å². The van der Waals surface area contributed by atoms with Crippen molar-refractivity contribution in [2.45, 2.75) is 52.4 Å². The molecule has 0 saturated carbocycles. The maximum Gasteiger partial charge on any atom is 0.0466 e. The van der Waals surface area contributed by atoms with Crippen molar-refractivity contribution in [3.05, 3.63) is 0 Å². The zero-order valence-corrected chi connectivity index (χ0v) is 11.0. The Hall–Kier alpha value is 0.843. The summed E-state index contributed by atoms with van der Waals surface area (Å²) in [6.45, 7) is 6.38. The van der Waals surface area contributed by atoms with Gasteiger partial charge in [0, 0.05) is 39.4 Å². The van der Waals surface area contributed by atoms with Crippen LogP contribution in [-0.2, 0) is 30.9 Å². The fourth-order valence-electron chi connectivity index (χ4n) is 1.01. The normalized spacial score (nSPS) is 9.50. The van der Waals surface area contributed by atoms with Gasteiger partial charge in [-0.25, -0.2) is 0 Å². The van der Waals surface area contributed by atoms with E-state index in [0.717, 1.165) is 13.2 Å². The quantitative estimate of drug-likeness (QED) is 0.599. The van der Waals surface area contributed by atoms with Gasteiger partial charge in [-0.1, -0.05) is 39.5 Å². The second kappa shape index (κ2) is 14.4. The standard InChI is InChI=1S/C10H22O.Zr/c1-3-5-7-9-11-10-8-6-4-2;/h3-10H2,1-2H3;. The van der Waals surface area contributed by atoms with Gasteiger partial charge in [0.2, 0.25) is 0 Å². The van der Waals surface area contributed by atoms with E-state index in [4.69, 9.17) is 4.74 Å². The van der Waals surface area contributed by atoms with Gasteiger partial charge in [-0.15, -0.1) is 0 Å². The monoisotopic (exact) mass is 248 g/mol. The van der Waals surface area contributed by atoms with Gasteiger partial charge in [-0.3, -0.25) is 0 Å². The van der Waals surface area contributed by atoms with Crippen LogP contribution in [0.1, 0.15) is 52.4 Å². The Kier molecular flexibility index (Phi) is 18.3. The molecule has 0 N–H and O–H groups in total. The summed E-state index contributed by atoms with van der Waals surface area (Å²) in [5.41, 5.74) is 0. The summed E-state index contributed by atoms with van der Waals surface area (Å²) in [6, 6.07) is 0. The predicted molar refractivity (Wildman–Crippen MR) is 49.9 cm³/mol. The molecular weight excluding hydrogens is 227 g/mol. The van der Waals surface area contributed by atoms with E-state index in [-0.39, 0.29) is 26.2 Å². The number of unbranched alkanes of at least 4 members (excludes halogenated alkanes) is 4. The van der Waals surface area contributed by atoms with E-state index >= 15 is 0 Å². The predicted octanol–water partition coefficient (Wildman–Crippen LogP) is 3.38. The van der Waals surface area contributed by atoms with Crippen molar-refractivity contribution in [2.75, 3.05) is 13.2 Å². The molecule has 12 heavy (non-hydrogen) atoms. The summed E-state index contributed by atoms with van der Waals surface area (Å²) in [7, 11) is 0. The Morgan fingerprint density at radius 3 is 1.50 bits per heavy atom. The molecule has 0 bridgehead atoms. The van der Waals surface area contributed by atoms with Crippen LogP contribution >= 0.6 is 0 Å². The van der Waals surface area contributed by atoms with E-state index in [1.54, 1.807) is 0 Å². The first kappa shape index (κ1) is 15.3. The van der Waals surface area contributed by atoms with Crippen LogP contribution < -0.4 is 0 Å². The van der Waals surface area contributed by atoms with E-state index in [9.17, 15) is 0 Å². The van der Waals surface area contributed by atoms with Crippen LogP contribution in [-0.4, -0.2) is 13.2 Å². The third-order valence-electron chi connectivity index (χ3n) is 1.78. The summed E-state index contributed by atoms with van der Waals surface area (Å²) < 4.78 is 5.44. The molecule has 1 nitrogen and oxygen atoms in total. The second-order valence-electron chi connectivity index (χ2n) is 3.03. The van der Waals surface area contributed by atoms with E-state index in [2.05, 4.69) is 13.8 Å². The summed E-state index contributed by atoms with van der Waals surface area (Å²) >= 11 is 0. The minimum atomic E-state index is 0. The Labute approximate surface area is 96.4 Å². The Morgan fingerprint density at radius 2 is 1.17 bits per heavy atom. The van der Waals surface area contributed by atoms with Gasteiger partial charge in [-0.2, -0.15) is 0 Å². The molecule has 0 spiro atoms. The van der Waals surface area contributed by atoms with Crippen LogP contribution in [0.25, 0.3) is 0 Å². The van der Waals surface area contributed by atoms with Crippen LogP contribution in [0.15, 0.2) is 0 Å². The molecular formula is C10H22OZr. The topological polar surface area (TPSA) is 9.23 Å². The minimum Gasteiger partial charge on any atom is -0.381 e. The van der Waals surface area contributed by atoms with E-state index in [1.165, 1.54) is 38.5 Å². The maximum absolute atomic E-state index is 5.44. The molecule has 0 atom stereocenters. The first-order chi connectivity index (χ1) is 5.41. The van der Waals surface area contributed by atoms with Crippen molar-refractivity contribution in [3.8, 4) is 0 Å². The zero-order valence-electron chi connectivity index (χ0n) is 8.57. The Morgan fingerprint density at radius 1 is 0.750 bits per heavy atom.